The fourth-order valence-corrected chi connectivity index (χ4v) is 6.07. The monoisotopic (exact) mass is 604 g/mol. The predicted molar refractivity (Wildman–Crippen MR) is 157 cm³/mol. The van der Waals surface area contributed by atoms with Crippen LogP contribution in [0.2, 0.25) is 10.0 Å². The Morgan fingerprint density at radius 2 is 1.82 bits per heavy atom. The van der Waals surface area contributed by atoms with Gasteiger partial charge in [-0.15, -0.1) is 0 Å². The van der Waals surface area contributed by atoms with Gasteiger partial charge in [0.25, 0.3) is 5.56 Å². The molecule has 4 rings (SSSR count). The van der Waals surface area contributed by atoms with Crippen molar-refractivity contribution >= 4 is 46.6 Å². The van der Waals surface area contributed by atoms with Gasteiger partial charge in [-0.3, -0.25) is 9.36 Å². The molecule has 2 aromatic carbocycles. The number of allylic oxidation sites excluding steroid dienone is 1. The molecule has 2 heterocycles. The SMILES string of the molecule is CCOC(=O)C1=C(C)N=c2s/c(=C\c3cc(Cl)c(OCC)c(Cl)c3)c(=O)n2[C@H]1c1ccc(OC(C)C)c(OC)c1. The number of methoxy groups -OCH3 is 1. The van der Waals surface area contributed by atoms with Gasteiger partial charge in [0, 0.05) is 0 Å². The van der Waals surface area contributed by atoms with Crippen LogP contribution in [-0.2, 0) is 9.53 Å². The maximum Gasteiger partial charge on any atom is 0.338 e. The summed E-state index contributed by atoms with van der Waals surface area (Å²) < 4.78 is 24.3. The van der Waals surface area contributed by atoms with Crippen LogP contribution in [0.5, 0.6) is 17.2 Å². The lowest BCUT2D eigenvalue weighted by Crippen LogP contribution is -2.40. The van der Waals surface area contributed by atoms with E-state index in [1.807, 2.05) is 26.8 Å². The van der Waals surface area contributed by atoms with Crippen molar-refractivity contribution < 1.29 is 23.7 Å². The minimum absolute atomic E-state index is 0.0701. The molecule has 212 valence electrons. The molecule has 11 heteroatoms. The number of benzene rings is 2. The summed E-state index contributed by atoms with van der Waals surface area (Å²) >= 11 is 14.0. The van der Waals surface area contributed by atoms with Crippen molar-refractivity contribution in [3.63, 3.8) is 0 Å². The van der Waals surface area contributed by atoms with Gasteiger partial charge in [0.2, 0.25) is 0 Å². The van der Waals surface area contributed by atoms with Gasteiger partial charge < -0.3 is 18.9 Å². The van der Waals surface area contributed by atoms with Crippen LogP contribution < -0.4 is 29.1 Å². The molecule has 3 aromatic rings. The van der Waals surface area contributed by atoms with Crippen molar-refractivity contribution in [2.24, 2.45) is 4.99 Å². The maximum atomic E-state index is 13.9. The van der Waals surface area contributed by atoms with Crippen LogP contribution in [0.15, 0.2) is 51.4 Å². The first-order chi connectivity index (χ1) is 19.1. The Bertz CT molecular complexity index is 1630. The number of hydrogen-bond donors (Lipinski definition) is 0. The minimum atomic E-state index is -0.799. The van der Waals surface area contributed by atoms with Gasteiger partial charge in [-0.2, -0.15) is 0 Å². The van der Waals surface area contributed by atoms with Crippen LogP contribution in [0, 0.1) is 0 Å². The van der Waals surface area contributed by atoms with Crippen LogP contribution >= 0.6 is 34.5 Å². The highest BCUT2D eigenvalue weighted by molar-refractivity contribution is 7.07. The molecule has 1 atom stereocenters. The molecule has 1 aliphatic heterocycles. The summed E-state index contributed by atoms with van der Waals surface area (Å²) in [5.74, 6) is 0.869. The Morgan fingerprint density at radius 3 is 2.42 bits per heavy atom. The third-order valence-corrected chi connectivity index (χ3v) is 7.53. The van der Waals surface area contributed by atoms with E-state index in [-0.39, 0.29) is 23.8 Å². The number of carbonyl (C=O) groups is 1. The number of hydrogen-bond acceptors (Lipinski definition) is 8. The summed E-state index contributed by atoms with van der Waals surface area (Å²) in [6.07, 6.45) is 1.62. The first-order valence-electron chi connectivity index (χ1n) is 12.8. The molecule has 0 N–H and O–H groups in total. The molecule has 0 saturated carbocycles. The van der Waals surface area contributed by atoms with E-state index in [1.165, 1.54) is 23.0 Å². The molecule has 0 amide bonds. The fraction of sp³-hybridized carbons (Fsp3) is 0.345. The second kappa shape index (κ2) is 12.5. The van der Waals surface area contributed by atoms with Crippen LogP contribution in [0.4, 0.5) is 0 Å². The Morgan fingerprint density at radius 1 is 1.12 bits per heavy atom. The van der Waals surface area contributed by atoms with Gasteiger partial charge in [0.1, 0.15) is 0 Å². The van der Waals surface area contributed by atoms with Gasteiger partial charge >= 0.3 is 5.97 Å². The highest BCUT2D eigenvalue weighted by Gasteiger charge is 2.34. The smallest absolute Gasteiger partial charge is 0.338 e. The number of nitrogens with zero attached hydrogens (tertiary/aromatic N) is 2. The van der Waals surface area contributed by atoms with Crippen LogP contribution in [0.3, 0.4) is 0 Å². The quantitative estimate of drug-likeness (QED) is 0.308. The highest BCUT2D eigenvalue weighted by atomic mass is 35.5. The Kier molecular flexibility index (Phi) is 9.28. The van der Waals surface area contributed by atoms with E-state index in [1.54, 1.807) is 44.2 Å². The fourth-order valence-electron chi connectivity index (χ4n) is 4.41. The van der Waals surface area contributed by atoms with E-state index in [9.17, 15) is 9.59 Å². The van der Waals surface area contributed by atoms with Gasteiger partial charge in [-0.1, -0.05) is 40.6 Å². The van der Waals surface area contributed by atoms with E-state index >= 15 is 0 Å². The van der Waals surface area contributed by atoms with E-state index < -0.39 is 12.0 Å². The Labute approximate surface area is 246 Å². The highest BCUT2D eigenvalue weighted by Crippen LogP contribution is 2.37. The lowest BCUT2D eigenvalue weighted by atomic mass is 9.95. The largest absolute Gasteiger partial charge is 0.493 e. The number of halogens is 2. The molecule has 0 saturated heterocycles. The molecule has 0 bridgehead atoms. The topological polar surface area (TPSA) is 88.4 Å². The van der Waals surface area contributed by atoms with Crippen LogP contribution in [-0.4, -0.2) is 37.0 Å². The van der Waals surface area contributed by atoms with Crippen molar-refractivity contribution in [1.82, 2.24) is 4.57 Å². The standard InChI is InChI=1S/C29H30Cl2N2O6S/c1-7-37-26-19(30)11-17(12-20(26)31)13-23-27(34)33-25(18-9-10-21(39-15(3)4)22(14-18)36-6)24(28(35)38-8-2)16(5)32-29(33)40-23/h9-15,25H,7-8H2,1-6H3/b23-13-/t25-/m0/s1. The lowest BCUT2D eigenvalue weighted by molar-refractivity contribution is -0.139. The number of ether oxygens (including phenoxy) is 4. The normalized spacial score (nSPS) is 15.1. The first-order valence-corrected chi connectivity index (χ1v) is 14.3. The molecule has 0 spiro atoms. The summed E-state index contributed by atoms with van der Waals surface area (Å²) in [6.45, 7) is 9.72. The molecule has 0 unspecified atom stereocenters. The van der Waals surface area contributed by atoms with Crippen molar-refractivity contribution in [2.75, 3.05) is 20.3 Å². The van der Waals surface area contributed by atoms with E-state index in [2.05, 4.69) is 4.99 Å². The third kappa shape index (κ3) is 5.92. The number of aromatic nitrogens is 1. The number of thiazole rings is 1. The van der Waals surface area contributed by atoms with E-state index in [4.69, 9.17) is 42.1 Å². The predicted octanol–water partition coefficient (Wildman–Crippen LogP) is 5.30. The number of carbonyl (C=O) groups excluding carboxylic acids is 1. The third-order valence-electron chi connectivity index (χ3n) is 5.99. The second-order valence-corrected chi connectivity index (χ2v) is 10.9. The number of fused-ring (bicyclic) bond motifs is 1. The molecule has 0 fully saturated rings. The summed E-state index contributed by atoms with van der Waals surface area (Å²) in [5.41, 5.74) is 1.67. The van der Waals surface area contributed by atoms with Crippen molar-refractivity contribution in [1.29, 1.82) is 0 Å². The number of esters is 1. The lowest BCUT2D eigenvalue weighted by Gasteiger charge is -2.25. The molecule has 0 radical (unpaired) electrons. The van der Waals surface area contributed by atoms with Crippen LogP contribution in [0.25, 0.3) is 6.08 Å². The average Bonchev–Trinajstić information content (AvgIpc) is 3.19. The molecular formula is C29H30Cl2N2O6S. The summed E-state index contributed by atoms with van der Waals surface area (Å²) in [6, 6.07) is 7.91. The number of rotatable bonds is 9. The molecule has 1 aliphatic rings. The zero-order valence-electron chi connectivity index (χ0n) is 23.0. The minimum Gasteiger partial charge on any atom is -0.493 e. The molecule has 40 heavy (non-hydrogen) atoms. The maximum absolute atomic E-state index is 13.9. The van der Waals surface area contributed by atoms with E-state index in [0.29, 0.717) is 60.1 Å². The second-order valence-electron chi connectivity index (χ2n) is 9.13. The van der Waals surface area contributed by atoms with Crippen molar-refractivity contribution in [2.45, 2.75) is 46.8 Å². The molecule has 0 aliphatic carbocycles. The van der Waals surface area contributed by atoms with Gasteiger partial charge in [0.05, 0.1) is 58.3 Å². The van der Waals surface area contributed by atoms with Crippen molar-refractivity contribution in [3.05, 3.63) is 82.5 Å². The summed E-state index contributed by atoms with van der Waals surface area (Å²) in [7, 11) is 1.54. The van der Waals surface area contributed by atoms with Gasteiger partial charge in [-0.05, 0) is 76.1 Å². The van der Waals surface area contributed by atoms with Gasteiger partial charge in [-0.25, -0.2) is 9.79 Å². The zero-order valence-corrected chi connectivity index (χ0v) is 25.4. The van der Waals surface area contributed by atoms with E-state index in [0.717, 1.165) is 0 Å². The summed E-state index contributed by atoms with van der Waals surface area (Å²) in [5, 5.41) is 0.671. The average molecular weight is 606 g/mol. The van der Waals surface area contributed by atoms with Gasteiger partial charge in [0.15, 0.2) is 22.0 Å². The Balaban J connectivity index is 1.93. The molecular weight excluding hydrogens is 575 g/mol. The van der Waals surface area contributed by atoms with Crippen molar-refractivity contribution in [3.8, 4) is 17.2 Å². The first kappa shape index (κ1) is 29.7. The van der Waals surface area contributed by atoms with Crippen LogP contribution in [0.1, 0.15) is 51.8 Å². The summed E-state index contributed by atoms with van der Waals surface area (Å²) in [4.78, 5) is 32.1. The molecule has 8 nitrogen and oxygen atoms in total. The zero-order chi connectivity index (χ0) is 29.1. The molecule has 1 aromatic heterocycles. The Hall–Kier alpha value is -3.27.